The number of halogens is 3. The van der Waals surface area contributed by atoms with Gasteiger partial charge in [0.25, 0.3) is 11.8 Å². The molecule has 5 aromatic rings. The van der Waals surface area contributed by atoms with E-state index in [2.05, 4.69) is 25.7 Å². The van der Waals surface area contributed by atoms with Crippen molar-refractivity contribution in [3.05, 3.63) is 105 Å². The molecule has 16 heteroatoms. The van der Waals surface area contributed by atoms with Gasteiger partial charge in [-0.05, 0) is 55.0 Å². The maximum absolute atomic E-state index is 13.9. The van der Waals surface area contributed by atoms with Gasteiger partial charge in [-0.15, -0.1) is 5.10 Å². The molecular weight excluding hydrogens is 657 g/mol. The summed E-state index contributed by atoms with van der Waals surface area (Å²) >= 11 is 18.8. The number of rotatable bonds is 7. The van der Waals surface area contributed by atoms with Crippen LogP contribution in [0.5, 0.6) is 0 Å². The van der Waals surface area contributed by atoms with Crippen molar-refractivity contribution in [1.82, 2.24) is 39.8 Å². The van der Waals surface area contributed by atoms with Crippen LogP contribution in [0.1, 0.15) is 32.1 Å². The number of anilines is 1. The summed E-state index contributed by atoms with van der Waals surface area (Å²) in [5.41, 5.74) is 2.68. The van der Waals surface area contributed by atoms with Gasteiger partial charge in [-0.1, -0.05) is 52.1 Å². The van der Waals surface area contributed by atoms with Gasteiger partial charge in [-0.25, -0.2) is 29.2 Å². The van der Waals surface area contributed by atoms with Gasteiger partial charge in [0.05, 0.1) is 41.8 Å². The summed E-state index contributed by atoms with van der Waals surface area (Å²) < 4.78 is 7.60. The highest BCUT2D eigenvalue weighted by Crippen LogP contribution is 2.29. The largest absolute Gasteiger partial charge is 0.452 e. The normalized spacial score (nSPS) is 10.8. The van der Waals surface area contributed by atoms with Gasteiger partial charge in [-0.3, -0.25) is 9.59 Å². The number of nitrogens with one attached hydrogen (secondary N) is 1. The molecular formula is C30H26Cl3N9O4. The second-order valence-electron chi connectivity index (χ2n) is 9.97. The van der Waals surface area contributed by atoms with Crippen LogP contribution in [0.15, 0.2) is 67.0 Å². The second kappa shape index (κ2) is 13.6. The lowest BCUT2D eigenvalue weighted by atomic mass is 10.1. The maximum atomic E-state index is 13.9. The molecule has 0 aliphatic heterocycles. The van der Waals surface area contributed by atoms with E-state index in [1.54, 1.807) is 54.2 Å². The molecule has 1 N–H and O–H groups in total. The number of hydrazine groups is 1. The highest BCUT2D eigenvalue weighted by atomic mass is 35.5. The lowest BCUT2D eigenvalue weighted by molar-refractivity contribution is 0.0193. The van der Waals surface area contributed by atoms with E-state index in [9.17, 15) is 14.4 Å². The number of carbonyl (C=O) groups is 3. The Labute approximate surface area is 278 Å². The van der Waals surface area contributed by atoms with Gasteiger partial charge in [0.1, 0.15) is 11.4 Å². The van der Waals surface area contributed by atoms with Crippen molar-refractivity contribution in [2.45, 2.75) is 13.5 Å². The van der Waals surface area contributed by atoms with Crippen LogP contribution >= 0.6 is 34.8 Å². The van der Waals surface area contributed by atoms with Crippen LogP contribution in [0.25, 0.3) is 17.1 Å². The number of hydrogen-bond acceptors (Lipinski definition) is 8. The summed E-state index contributed by atoms with van der Waals surface area (Å²) in [4.78, 5) is 43.8. The fourth-order valence-electron chi connectivity index (χ4n) is 4.48. The van der Waals surface area contributed by atoms with Gasteiger partial charge in [0.2, 0.25) is 0 Å². The Kier molecular flexibility index (Phi) is 9.56. The molecule has 46 heavy (non-hydrogen) atoms. The van der Waals surface area contributed by atoms with Crippen molar-refractivity contribution >= 4 is 58.4 Å². The number of amides is 3. The SMILES string of the molecule is COC(=O)N(C)N(C)C(=O)c1cc(Cl)cc(C)c1NC(=O)c1cc(Cn2cc(-c3ccc(Cl)cc3)nn2)nn1-c1ncccc1Cl. The predicted octanol–water partition coefficient (Wildman–Crippen LogP) is 5.78. The standard InChI is InChI=1S/C30H26Cl3N9O4/c1-17-12-20(32)13-22(29(44)39(2)40(3)30(45)46-4)26(17)35-28(43)25-14-21(37-42(25)27-23(33)6-5-11-34-27)15-41-16-24(36-38-41)18-7-9-19(31)10-8-18/h5-14,16H,15H2,1-4H3,(H,35,43). The predicted molar refractivity (Wildman–Crippen MR) is 172 cm³/mol. The average Bonchev–Trinajstić information content (AvgIpc) is 3.69. The number of benzene rings is 2. The molecule has 0 aliphatic carbocycles. The van der Waals surface area contributed by atoms with E-state index in [1.807, 2.05) is 12.1 Å². The number of aromatic nitrogens is 6. The Balaban J connectivity index is 1.50. The molecule has 0 saturated carbocycles. The Morgan fingerprint density at radius 2 is 1.72 bits per heavy atom. The number of hydrogen-bond donors (Lipinski definition) is 1. The number of methoxy groups -OCH3 is 1. The summed E-state index contributed by atoms with van der Waals surface area (Å²) in [6, 6.07) is 15.0. The first-order valence-corrected chi connectivity index (χ1v) is 14.7. The van der Waals surface area contributed by atoms with E-state index in [0.717, 1.165) is 15.6 Å². The number of aryl methyl sites for hydroxylation is 1. The minimum atomic E-state index is -0.767. The molecule has 3 amide bonds. The summed E-state index contributed by atoms with van der Waals surface area (Å²) in [7, 11) is 3.94. The molecule has 236 valence electrons. The summed E-state index contributed by atoms with van der Waals surface area (Å²) in [6.07, 6.45) is 2.50. The van der Waals surface area contributed by atoms with E-state index in [1.165, 1.54) is 38.2 Å². The van der Waals surface area contributed by atoms with Gasteiger partial charge in [-0.2, -0.15) is 5.10 Å². The Morgan fingerprint density at radius 1 is 0.978 bits per heavy atom. The van der Waals surface area contributed by atoms with Crippen LogP contribution in [0.3, 0.4) is 0 Å². The number of ether oxygens (including phenoxy) is 1. The van der Waals surface area contributed by atoms with E-state index < -0.39 is 17.9 Å². The monoisotopic (exact) mass is 681 g/mol. The fourth-order valence-corrected chi connectivity index (χ4v) is 5.08. The zero-order chi connectivity index (χ0) is 33.1. The molecule has 0 saturated heterocycles. The third kappa shape index (κ3) is 6.81. The highest BCUT2D eigenvalue weighted by Gasteiger charge is 2.27. The molecule has 3 aromatic heterocycles. The quantitative estimate of drug-likeness (QED) is 0.213. The van der Waals surface area contributed by atoms with E-state index in [-0.39, 0.29) is 39.4 Å². The van der Waals surface area contributed by atoms with Gasteiger partial charge < -0.3 is 10.1 Å². The van der Waals surface area contributed by atoms with Crippen molar-refractivity contribution in [1.29, 1.82) is 0 Å². The fraction of sp³-hybridized carbons (Fsp3) is 0.167. The maximum Gasteiger partial charge on any atom is 0.428 e. The molecule has 0 fully saturated rings. The Morgan fingerprint density at radius 3 is 2.41 bits per heavy atom. The van der Waals surface area contributed by atoms with Crippen molar-refractivity contribution < 1.29 is 19.1 Å². The van der Waals surface area contributed by atoms with Gasteiger partial charge in [0.15, 0.2) is 5.82 Å². The zero-order valence-corrected chi connectivity index (χ0v) is 27.2. The molecule has 2 aromatic carbocycles. The average molecular weight is 683 g/mol. The third-order valence-corrected chi connectivity index (χ3v) is 7.65. The van der Waals surface area contributed by atoms with Crippen LogP contribution in [-0.2, 0) is 11.3 Å². The van der Waals surface area contributed by atoms with Crippen LogP contribution in [0.4, 0.5) is 10.5 Å². The van der Waals surface area contributed by atoms with Gasteiger partial charge >= 0.3 is 6.09 Å². The zero-order valence-electron chi connectivity index (χ0n) is 24.9. The Hall–Kier alpha value is -4.98. The molecule has 13 nitrogen and oxygen atoms in total. The molecule has 5 rings (SSSR count). The minimum Gasteiger partial charge on any atom is -0.452 e. The summed E-state index contributed by atoms with van der Waals surface area (Å²) in [5, 5.41) is 19.0. The Bertz CT molecular complexity index is 1940. The first-order chi connectivity index (χ1) is 22.0. The van der Waals surface area contributed by atoms with Crippen molar-refractivity contribution in [2.75, 3.05) is 26.5 Å². The second-order valence-corrected chi connectivity index (χ2v) is 11.3. The van der Waals surface area contributed by atoms with Crippen LogP contribution < -0.4 is 5.32 Å². The lowest BCUT2D eigenvalue weighted by Crippen LogP contribution is -2.45. The first-order valence-electron chi connectivity index (χ1n) is 13.5. The summed E-state index contributed by atoms with van der Waals surface area (Å²) in [5.74, 6) is -1.03. The highest BCUT2D eigenvalue weighted by molar-refractivity contribution is 6.32. The van der Waals surface area contributed by atoms with Crippen LogP contribution in [0, 0.1) is 6.92 Å². The minimum absolute atomic E-state index is 0.0381. The number of pyridine rings is 1. The van der Waals surface area contributed by atoms with Crippen LogP contribution in [0.2, 0.25) is 15.1 Å². The van der Waals surface area contributed by atoms with E-state index >= 15 is 0 Å². The summed E-state index contributed by atoms with van der Waals surface area (Å²) in [6.45, 7) is 1.84. The van der Waals surface area contributed by atoms with Crippen molar-refractivity contribution in [3.8, 4) is 17.1 Å². The smallest absolute Gasteiger partial charge is 0.428 e. The lowest BCUT2D eigenvalue weighted by Gasteiger charge is -2.28. The molecule has 0 aliphatic rings. The topological polar surface area (TPSA) is 140 Å². The molecule has 0 unspecified atom stereocenters. The van der Waals surface area contributed by atoms with Gasteiger partial charge in [0, 0.05) is 35.9 Å². The molecule has 0 radical (unpaired) electrons. The van der Waals surface area contributed by atoms with E-state index in [4.69, 9.17) is 39.5 Å². The van der Waals surface area contributed by atoms with E-state index in [0.29, 0.717) is 22.0 Å². The first kappa shape index (κ1) is 32.4. The third-order valence-electron chi connectivity index (χ3n) is 6.89. The molecule has 3 heterocycles. The number of carbonyl (C=O) groups excluding carboxylic acids is 3. The van der Waals surface area contributed by atoms with Crippen molar-refractivity contribution in [3.63, 3.8) is 0 Å². The molecule has 0 spiro atoms. The number of nitrogens with zero attached hydrogens (tertiary/aromatic N) is 8. The van der Waals surface area contributed by atoms with Crippen molar-refractivity contribution in [2.24, 2.45) is 0 Å². The molecule has 0 atom stereocenters. The van der Waals surface area contributed by atoms with Crippen LogP contribution in [-0.4, -0.2) is 78.9 Å². The molecule has 0 bridgehead atoms.